The minimum atomic E-state index is -0.699. The van der Waals surface area contributed by atoms with E-state index in [1.165, 1.54) is 12.1 Å². The van der Waals surface area contributed by atoms with Crippen LogP contribution < -0.4 is 10.4 Å². The minimum absolute atomic E-state index is 0.124. The number of benzene rings is 2. The summed E-state index contributed by atoms with van der Waals surface area (Å²) in [4.78, 5) is 25.5. The second kappa shape index (κ2) is 8.05. The molecule has 1 fully saturated rings. The summed E-state index contributed by atoms with van der Waals surface area (Å²) in [5.41, 5.74) is 0.456. The maximum atomic E-state index is 13.6. The lowest BCUT2D eigenvalue weighted by Gasteiger charge is -2.40. The number of nitrogens with zero attached hydrogens (tertiary/aromatic N) is 1. The molecular weight excluding hydrogens is 377 g/mol. The van der Waals surface area contributed by atoms with Gasteiger partial charge in [0.2, 0.25) is 0 Å². The van der Waals surface area contributed by atoms with Crippen LogP contribution in [0, 0.1) is 5.82 Å². The van der Waals surface area contributed by atoms with E-state index in [9.17, 15) is 14.0 Å². The SMILES string of the molecule is CC(Oc1ccc2ccc(=O)oc2c1)C(=O)N1CC(OCc2ccccc2F)C1. The topological polar surface area (TPSA) is 69.0 Å². The highest BCUT2D eigenvalue weighted by molar-refractivity contribution is 5.82. The van der Waals surface area contributed by atoms with E-state index in [-0.39, 0.29) is 24.4 Å². The van der Waals surface area contributed by atoms with Crippen LogP contribution in [0.25, 0.3) is 11.0 Å². The summed E-state index contributed by atoms with van der Waals surface area (Å²) in [7, 11) is 0. The first-order chi connectivity index (χ1) is 14.0. The summed E-state index contributed by atoms with van der Waals surface area (Å²) < 4.78 is 30.1. The van der Waals surface area contributed by atoms with Crippen molar-refractivity contribution in [1.29, 1.82) is 0 Å². The van der Waals surface area contributed by atoms with Gasteiger partial charge in [-0.05, 0) is 31.2 Å². The Morgan fingerprint density at radius 3 is 2.76 bits per heavy atom. The van der Waals surface area contributed by atoms with Crippen LogP contribution in [0.3, 0.4) is 0 Å². The number of fused-ring (bicyclic) bond motifs is 1. The smallest absolute Gasteiger partial charge is 0.336 e. The molecule has 29 heavy (non-hydrogen) atoms. The van der Waals surface area contributed by atoms with Gasteiger partial charge < -0.3 is 18.8 Å². The van der Waals surface area contributed by atoms with E-state index in [0.29, 0.717) is 30.0 Å². The largest absolute Gasteiger partial charge is 0.481 e. The van der Waals surface area contributed by atoms with Gasteiger partial charge in [0.1, 0.15) is 17.1 Å². The van der Waals surface area contributed by atoms with Crippen LogP contribution in [-0.4, -0.2) is 36.1 Å². The van der Waals surface area contributed by atoms with Crippen molar-refractivity contribution in [1.82, 2.24) is 4.90 Å². The van der Waals surface area contributed by atoms with Gasteiger partial charge in [-0.3, -0.25) is 4.79 Å². The summed E-state index contributed by atoms with van der Waals surface area (Å²) in [6.45, 7) is 2.72. The Morgan fingerprint density at radius 2 is 1.97 bits per heavy atom. The lowest BCUT2D eigenvalue weighted by atomic mass is 10.1. The molecule has 0 N–H and O–H groups in total. The number of halogens is 1. The molecule has 0 aliphatic carbocycles. The molecule has 1 aliphatic heterocycles. The normalized spacial score (nSPS) is 15.2. The maximum Gasteiger partial charge on any atom is 0.336 e. The molecule has 1 aliphatic rings. The Kier molecular flexibility index (Phi) is 5.31. The molecule has 4 rings (SSSR count). The van der Waals surface area contributed by atoms with Gasteiger partial charge in [-0.1, -0.05) is 18.2 Å². The molecule has 0 radical (unpaired) electrons. The molecule has 0 bridgehead atoms. The Labute approximate surface area is 166 Å². The van der Waals surface area contributed by atoms with Crippen molar-refractivity contribution < 1.29 is 23.1 Å². The Morgan fingerprint density at radius 1 is 1.21 bits per heavy atom. The highest BCUT2D eigenvalue weighted by atomic mass is 19.1. The predicted molar refractivity (Wildman–Crippen MR) is 104 cm³/mol. The van der Waals surface area contributed by atoms with Gasteiger partial charge in [0.05, 0.1) is 12.7 Å². The van der Waals surface area contributed by atoms with Crippen LogP contribution in [0.1, 0.15) is 12.5 Å². The van der Waals surface area contributed by atoms with Crippen LogP contribution in [0.2, 0.25) is 0 Å². The molecule has 7 heteroatoms. The highest BCUT2D eigenvalue weighted by Crippen LogP contribution is 2.22. The zero-order valence-corrected chi connectivity index (χ0v) is 15.8. The number of hydrogen-bond acceptors (Lipinski definition) is 5. The molecule has 0 saturated carbocycles. The number of carbonyl (C=O) groups is 1. The van der Waals surface area contributed by atoms with E-state index < -0.39 is 11.7 Å². The molecule has 2 heterocycles. The lowest BCUT2D eigenvalue weighted by Crippen LogP contribution is -2.57. The van der Waals surface area contributed by atoms with Gasteiger partial charge in [-0.15, -0.1) is 0 Å². The Bertz CT molecular complexity index is 1090. The van der Waals surface area contributed by atoms with E-state index in [4.69, 9.17) is 13.9 Å². The number of likely N-dealkylation sites (tertiary alicyclic amines) is 1. The molecule has 2 aromatic carbocycles. The first-order valence-corrected chi connectivity index (χ1v) is 9.34. The van der Waals surface area contributed by atoms with Crippen LogP contribution in [0.5, 0.6) is 5.75 Å². The molecule has 1 aromatic heterocycles. The van der Waals surface area contributed by atoms with Gasteiger partial charge in [0.25, 0.3) is 5.91 Å². The quantitative estimate of drug-likeness (QED) is 0.598. The second-order valence-electron chi connectivity index (χ2n) is 6.98. The zero-order chi connectivity index (χ0) is 20.4. The van der Waals surface area contributed by atoms with Crippen molar-refractivity contribution in [3.05, 3.63) is 76.4 Å². The summed E-state index contributed by atoms with van der Waals surface area (Å²) in [6, 6.07) is 14.6. The molecule has 6 nitrogen and oxygen atoms in total. The monoisotopic (exact) mass is 397 g/mol. The van der Waals surface area contributed by atoms with E-state index in [1.54, 1.807) is 54.3 Å². The Hall–Kier alpha value is -3.19. The van der Waals surface area contributed by atoms with Crippen LogP contribution >= 0.6 is 0 Å². The third-order valence-electron chi connectivity index (χ3n) is 4.85. The highest BCUT2D eigenvalue weighted by Gasteiger charge is 2.34. The average molecular weight is 397 g/mol. The molecule has 1 atom stereocenters. The van der Waals surface area contributed by atoms with Crippen molar-refractivity contribution in [2.45, 2.75) is 25.7 Å². The van der Waals surface area contributed by atoms with Gasteiger partial charge in [0.15, 0.2) is 6.10 Å². The standard InChI is InChI=1S/C22H20FNO5/c1-14(28-17-8-6-15-7-9-21(25)29-20(15)10-17)22(26)24-11-18(12-24)27-13-16-4-2-3-5-19(16)23/h2-10,14,18H,11-13H2,1H3. The predicted octanol–water partition coefficient (Wildman–Crippen LogP) is 3.13. The minimum Gasteiger partial charge on any atom is -0.481 e. The molecule has 0 spiro atoms. The third-order valence-corrected chi connectivity index (χ3v) is 4.85. The number of carbonyl (C=O) groups excluding carboxylic acids is 1. The van der Waals surface area contributed by atoms with Crippen molar-refractivity contribution in [2.24, 2.45) is 0 Å². The van der Waals surface area contributed by atoms with E-state index >= 15 is 0 Å². The van der Waals surface area contributed by atoms with E-state index in [2.05, 4.69) is 0 Å². The summed E-state index contributed by atoms with van der Waals surface area (Å²) >= 11 is 0. The summed E-state index contributed by atoms with van der Waals surface area (Å²) in [6.07, 6.45) is -0.823. The van der Waals surface area contributed by atoms with Crippen LogP contribution in [0.4, 0.5) is 4.39 Å². The van der Waals surface area contributed by atoms with Gasteiger partial charge >= 0.3 is 5.63 Å². The van der Waals surface area contributed by atoms with Crippen molar-refractivity contribution in [3.63, 3.8) is 0 Å². The van der Waals surface area contributed by atoms with Crippen molar-refractivity contribution in [3.8, 4) is 5.75 Å². The van der Waals surface area contributed by atoms with Crippen molar-refractivity contribution >= 4 is 16.9 Å². The zero-order valence-electron chi connectivity index (χ0n) is 15.8. The average Bonchev–Trinajstić information content (AvgIpc) is 2.67. The van der Waals surface area contributed by atoms with E-state index in [0.717, 1.165) is 5.39 Å². The fraction of sp³-hybridized carbons (Fsp3) is 0.273. The van der Waals surface area contributed by atoms with Gasteiger partial charge in [0, 0.05) is 36.2 Å². The third kappa shape index (κ3) is 4.30. The maximum absolute atomic E-state index is 13.6. The molecule has 1 amide bonds. The van der Waals surface area contributed by atoms with E-state index in [1.807, 2.05) is 0 Å². The fourth-order valence-electron chi connectivity index (χ4n) is 3.17. The first-order valence-electron chi connectivity index (χ1n) is 9.34. The second-order valence-corrected chi connectivity index (χ2v) is 6.98. The molecular formula is C22H20FNO5. The number of ether oxygens (including phenoxy) is 2. The first kappa shape index (κ1) is 19.1. The van der Waals surface area contributed by atoms with Crippen LogP contribution in [0.15, 0.2) is 63.8 Å². The fourth-order valence-corrected chi connectivity index (χ4v) is 3.17. The molecule has 150 valence electrons. The number of rotatable bonds is 6. The van der Waals surface area contributed by atoms with Crippen molar-refractivity contribution in [2.75, 3.05) is 13.1 Å². The van der Waals surface area contributed by atoms with Crippen LogP contribution in [-0.2, 0) is 16.1 Å². The summed E-state index contributed by atoms with van der Waals surface area (Å²) in [5, 5.41) is 0.772. The lowest BCUT2D eigenvalue weighted by molar-refractivity contribution is -0.152. The number of hydrogen-bond donors (Lipinski definition) is 0. The molecule has 1 unspecified atom stereocenters. The summed E-state index contributed by atoms with van der Waals surface area (Å²) in [5.74, 6) is -0.0149. The van der Waals surface area contributed by atoms with Gasteiger partial charge in [-0.25, -0.2) is 9.18 Å². The molecule has 1 saturated heterocycles. The van der Waals surface area contributed by atoms with Gasteiger partial charge in [-0.2, -0.15) is 0 Å². The Balaban J connectivity index is 1.29. The number of amides is 1. The molecule has 3 aromatic rings.